The molecule has 3 amide bonds. The number of aryl methyl sites for hydroxylation is 2. The van der Waals surface area contributed by atoms with Gasteiger partial charge in [-0.3, -0.25) is 19.3 Å². The smallest absolute Gasteiger partial charge is 0.338 e. The van der Waals surface area contributed by atoms with Crippen LogP contribution in [-0.2, 0) is 27.2 Å². The lowest BCUT2D eigenvalue weighted by atomic mass is 10.1. The molecule has 0 unspecified atom stereocenters. The fraction of sp³-hybridized carbons (Fsp3) is 0.412. The van der Waals surface area contributed by atoms with E-state index in [1.165, 1.54) is 5.56 Å². The molecule has 132 valence electrons. The number of esters is 1. The molecule has 1 aromatic carbocycles. The van der Waals surface area contributed by atoms with Crippen molar-refractivity contribution < 1.29 is 23.9 Å². The van der Waals surface area contributed by atoms with Crippen molar-refractivity contribution in [2.24, 2.45) is 0 Å². The van der Waals surface area contributed by atoms with Crippen molar-refractivity contribution in [3.8, 4) is 0 Å². The third-order valence-corrected chi connectivity index (χ3v) is 5.03. The van der Waals surface area contributed by atoms with Gasteiger partial charge in [-0.25, -0.2) is 4.79 Å². The van der Waals surface area contributed by atoms with Gasteiger partial charge in [0, 0.05) is 13.1 Å². The topological polar surface area (TPSA) is 92.8 Å². The number of amides is 3. The summed E-state index contributed by atoms with van der Waals surface area (Å²) in [5.74, 6) is -1.12. The summed E-state index contributed by atoms with van der Waals surface area (Å²) in [5, 5.41) is 2.22. The molecule has 0 saturated carbocycles. The lowest BCUT2D eigenvalue weighted by Gasteiger charge is -2.13. The summed E-state index contributed by atoms with van der Waals surface area (Å²) in [5.41, 5.74) is 2.87. The molecule has 1 heterocycles. The van der Waals surface area contributed by atoms with E-state index in [2.05, 4.69) is 5.32 Å². The second-order valence-electron chi connectivity index (χ2n) is 5.86. The zero-order valence-electron chi connectivity index (χ0n) is 13.6. The minimum Gasteiger partial charge on any atom is -0.452 e. The normalized spacial score (nSPS) is 16.1. The Morgan fingerprint density at radius 1 is 1.20 bits per heavy atom. The Bertz CT molecular complexity index is 718. The molecule has 1 N–H and O–H groups in total. The molecule has 1 aliphatic carbocycles. The third kappa shape index (κ3) is 4.19. The molecular formula is C17H18N2O5S. The van der Waals surface area contributed by atoms with Crippen LogP contribution in [0.25, 0.3) is 0 Å². The predicted molar refractivity (Wildman–Crippen MR) is 91.3 cm³/mol. The van der Waals surface area contributed by atoms with E-state index < -0.39 is 18.5 Å². The molecule has 25 heavy (non-hydrogen) atoms. The highest BCUT2D eigenvalue weighted by Crippen LogP contribution is 2.23. The third-order valence-electron chi connectivity index (χ3n) is 4.17. The number of hydrogen-bond acceptors (Lipinski definition) is 6. The molecule has 1 aromatic rings. The number of rotatable bonds is 6. The van der Waals surface area contributed by atoms with Crippen molar-refractivity contribution in [1.82, 2.24) is 10.2 Å². The summed E-state index contributed by atoms with van der Waals surface area (Å²) in [6.45, 7) is -0.144. The Morgan fingerprint density at radius 3 is 2.76 bits per heavy atom. The van der Waals surface area contributed by atoms with Crippen LogP contribution >= 0.6 is 11.8 Å². The second-order valence-corrected chi connectivity index (χ2v) is 6.79. The molecule has 1 fully saturated rings. The van der Waals surface area contributed by atoms with Gasteiger partial charge in [0.1, 0.15) is 0 Å². The molecule has 8 heteroatoms. The van der Waals surface area contributed by atoms with E-state index in [1.54, 1.807) is 6.07 Å². The maximum Gasteiger partial charge on any atom is 0.338 e. The van der Waals surface area contributed by atoms with Crippen molar-refractivity contribution in [1.29, 1.82) is 0 Å². The van der Waals surface area contributed by atoms with Gasteiger partial charge in [-0.1, -0.05) is 17.8 Å². The van der Waals surface area contributed by atoms with Gasteiger partial charge in [-0.2, -0.15) is 0 Å². The summed E-state index contributed by atoms with van der Waals surface area (Å²) in [4.78, 5) is 47.6. The van der Waals surface area contributed by atoms with Crippen LogP contribution in [0.5, 0.6) is 0 Å². The average Bonchev–Trinajstić information content (AvgIpc) is 3.20. The lowest BCUT2D eigenvalue weighted by molar-refractivity contribution is -0.126. The van der Waals surface area contributed by atoms with Crippen LogP contribution in [0.2, 0.25) is 0 Å². The number of carbonyl (C=O) groups excluding carboxylic acids is 4. The van der Waals surface area contributed by atoms with Crippen LogP contribution in [0.4, 0.5) is 4.79 Å². The highest BCUT2D eigenvalue weighted by molar-refractivity contribution is 8.14. The number of hydrogen-bond donors (Lipinski definition) is 1. The summed E-state index contributed by atoms with van der Waals surface area (Å²) in [7, 11) is 0. The average molecular weight is 362 g/mol. The van der Waals surface area contributed by atoms with Crippen molar-refractivity contribution in [3.05, 3.63) is 34.9 Å². The maximum atomic E-state index is 12.0. The number of benzene rings is 1. The Morgan fingerprint density at radius 2 is 2.00 bits per heavy atom. The number of nitrogens with zero attached hydrogens (tertiary/aromatic N) is 1. The zero-order chi connectivity index (χ0) is 17.8. The first-order valence-electron chi connectivity index (χ1n) is 8.07. The Kier molecular flexibility index (Phi) is 5.37. The number of imide groups is 1. The standard InChI is InChI=1S/C17H18N2O5S/c20-14(18-6-7-19-15(21)10-25-17(19)23)9-24-16(22)13-5-4-11-2-1-3-12(11)8-13/h4-5,8H,1-3,6-7,9-10H2,(H,18,20). The highest BCUT2D eigenvalue weighted by atomic mass is 32.2. The number of thioether (sulfide) groups is 1. The second kappa shape index (κ2) is 7.69. The van der Waals surface area contributed by atoms with Gasteiger partial charge in [-0.15, -0.1) is 0 Å². The van der Waals surface area contributed by atoms with E-state index in [4.69, 9.17) is 4.74 Å². The van der Waals surface area contributed by atoms with Crippen molar-refractivity contribution in [3.63, 3.8) is 0 Å². The Hall–Kier alpha value is -2.35. The number of ether oxygens (including phenoxy) is 1. The number of nitrogens with one attached hydrogen (secondary N) is 1. The van der Waals surface area contributed by atoms with Crippen LogP contribution in [0.1, 0.15) is 27.9 Å². The minimum atomic E-state index is -0.536. The van der Waals surface area contributed by atoms with E-state index >= 15 is 0 Å². The summed E-state index contributed by atoms with van der Waals surface area (Å²) >= 11 is 0.948. The van der Waals surface area contributed by atoms with Gasteiger partial charge in [0.2, 0.25) is 5.91 Å². The highest BCUT2D eigenvalue weighted by Gasteiger charge is 2.29. The molecule has 2 aliphatic rings. The first kappa shape index (κ1) is 17.5. The molecule has 0 atom stereocenters. The quantitative estimate of drug-likeness (QED) is 0.763. The molecule has 7 nitrogen and oxygen atoms in total. The molecule has 3 rings (SSSR count). The van der Waals surface area contributed by atoms with E-state index in [-0.39, 0.29) is 30.0 Å². The Balaban J connectivity index is 1.40. The fourth-order valence-corrected chi connectivity index (χ4v) is 3.62. The largest absolute Gasteiger partial charge is 0.452 e. The van der Waals surface area contributed by atoms with Gasteiger partial charge in [0.15, 0.2) is 6.61 Å². The summed E-state index contributed by atoms with van der Waals surface area (Å²) < 4.78 is 5.01. The number of carbonyl (C=O) groups is 4. The summed E-state index contributed by atoms with van der Waals surface area (Å²) in [6.07, 6.45) is 3.09. The minimum absolute atomic E-state index is 0.120. The van der Waals surface area contributed by atoms with Gasteiger partial charge < -0.3 is 10.1 Å². The zero-order valence-corrected chi connectivity index (χ0v) is 14.4. The lowest BCUT2D eigenvalue weighted by Crippen LogP contribution is -2.38. The molecule has 0 aromatic heterocycles. The first-order valence-corrected chi connectivity index (χ1v) is 9.06. The van der Waals surface area contributed by atoms with E-state index in [9.17, 15) is 19.2 Å². The van der Waals surface area contributed by atoms with Crippen LogP contribution in [0.3, 0.4) is 0 Å². The molecule has 1 aliphatic heterocycles. The first-order chi connectivity index (χ1) is 12.0. The Labute approximate surface area is 149 Å². The van der Waals surface area contributed by atoms with Gasteiger partial charge in [0.25, 0.3) is 11.1 Å². The van der Waals surface area contributed by atoms with Gasteiger partial charge in [-0.05, 0) is 42.5 Å². The predicted octanol–water partition coefficient (Wildman–Crippen LogP) is 1.14. The van der Waals surface area contributed by atoms with Crippen LogP contribution in [0, 0.1) is 0 Å². The molecule has 0 radical (unpaired) electrons. The van der Waals surface area contributed by atoms with Crippen molar-refractivity contribution >= 4 is 34.8 Å². The van der Waals surface area contributed by atoms with Gasteiger partial charge >= 0.3 is 5.97 Å². The molecular weight excluding hydrogens is 344 g/mol. The molecule has 0 spiro atoms. The van der Waals surface area contributed by atoms with Crippen molar-refractivity contribution in [2.45, 2.75) is 19.3 Å². The SMILES string of the molecule is O=C(COC(=O)c1ccc2c(c1)CCC2)NCCN1C(=O)CSC1=O. The van der Waals surface area contributed by atoms with E-state index in [1.807, 2.05) is 12.1 Å². The van der Waals surface area contributed by atoms with Crippen LogP contribution in [0.15, 0.2) is 18.2 Å². The molecule has 1 saturated heterocycles. The van der Waals surface area contributed by atoms with Gasteiger partial charge in [0.05, 0.1) is 11.3 Å². The van der Waals surface area contributed by atoms with E-state index in [0.717, 1.165) is 41.5 Å². The van der Waals surface area contributed by atoms with Crippen LogP contribution < -0.4 is 5.32 Å². The molecule has 0 bridgehead atoms. The monoisotopic (exact) mass is 362 g/mol. The fourth-order valence-electron chi connectivity index (χ4n) is 2.87. The number of fused-ring (bicyclic) bond motifs is 1. The maximum absolute atomic E-state index is 12.0. The van der Waals surface area contributed by atoms with Crippen molar-refractivity contribution in [2.75, 3.05) is 25.4 Å². The summed E-state index contributed by atoms with van der Waals surface area (Å²) in [6, 6.07) is 5.47. The van der Waals surface area contributed by atoms with Crippen LogP contribution in [-0.4, -0.2) is 53.4 Å². The van der Waals surface area contributed by atoms with E-state index in [0.29, 0.717) is 5.56 Å².